The number of aromatic nitrogens is 3. The van der Waals surface area contributed by atoms with E-state index in [1.807, 2.05) is 0 Å². The van der Waals surface area contributed by atoms with Crippen LogP contribution in [0.4, 0.5) is 0 Å². The molecule has 98 valence electrons. The summed E-state index contributed by atoms with van der Waals surface area (Å²) in [6.07, 6.45) is 0. The fraction of sp³-hybridized carbons (Fsp3) is 0.273. The van der Waals surface area contributed by atoms with Gasteiger partial charge in [0.05, 0.1) is 12.1 Å². The molecule has 0 saturated heterocycles. The minimum absolute atomic E-state index is 0.132. The van der Waals surface area contributed by atoms with Crippen LogP contribution in [0.5, 0.6) is 0 Å². The number of nitrogens with one attached hydrogen (secondary N) is 2. The number of hydrogen-bond donors (Lipinski definition) is 2. The molecular formula is C11H11N5O3. The molecule has 2 aromatic heterocycles. The van der Waals surface area contributed by atoms with Gasteiger partial charge in [0.1, 0.15) is 11.4 Å². The third kappa shape index (κ3) is 1.53. The first kappa shape index (κ1) is 11.5. The minimum atomic E-state index is -0.365. The van der Waals surface area contributed by atoms with Crippen LogP contribution in [0.3, 0.4) is 0 Å². The highest BCUT2D eigenvalue weighted by Crippen LogP contribution is 2.11. The van der Waals surface area contributed by atoms with Crippen molar-refractivity contribution in [1.29, 1.82) is 0 Å². The number of aromatic amines is 1. The van der Waals surface area contributed by atoms with Crippen molar-refractivity contribution in [3.63, 3.8) is 0 Å². The molecule has 0 bridgehead atoms. The molecule has 2 N–H and O–H groups in total. The Bertz CT molecular complexity index is 770. The second-order valence-electron chi connectivity index (χ2n) is 4.49. The Morgan fingerprint density at radius 1 is 1.42 bits per heavy atom. The zero-order chi connectivity index (χ0) is 13.7. The number of hydrogen-bond acceptors (Lipinski definition) is 4. The van der Waals surface area contributed by atoms with E-state index in [2.05, 4.69) is 15.4 Å². The lowest BCUT2D eigenvalue weighted by molar-refractivity contribution is 0.0821. The highest BCUT2D eigenvalue weighted by molar-refractivity contribution is 5.97. The molecule has 0 unspecified atom stereocenters. The smallest absolute Gasteiger partial charge is 0.278 e. The number of carbonyl (C=O) groups excluding carboxylic acids is 2. The standard InChI is InChI=1S/C11H11N5O3/c1-15(2)11(19)6-3-7-13-8-5(4-12-9(8)17)10(18)16(7)14-6/h3,14H,4H2,1-2H3,(H,12,17). The van der Waals surface area contributed by atoms with Crippen molar-refractivity contribution in [3.05, 3.63) is 33.4 Å². The Labute approximate surface area is 107 Å². The SMILES string of the molecule is CN(C)C(=O)c1cc2nc3c(c(=O)n2[nH]1)CNC3=O. The van der Waals surface area contributed by atoms with Gasteiger partial charge in [0, 0.05) is 20.2 Å². The second-order valence-corrected chi connectivity index (χ2v) is 4.49. The lowest BCUT2D eigenvalue weighted by atomic mass is 10.2. The first-order chi connectivity index (χ1) is 8.99. The van der Waals surface area contributed by atoms with Gasteiger partial charge >= 0.3 is 0 Å². The number of nitrogens with zero attached hydrogens (tertiary/aromatic N) is 3. The molecule has 2 amide bonds. The molecule has 0 spiro atoms. The second kappa shape index (κ2) is 3.67. The first-order valence-corrected chi connectivity index (χ1v) is 5.63. The molecule has 0 radical (unpaired) electrons. The van der Waals surface area contributed by atoms with E-state index in [9.17, 15) is 14.4 Å². The Balaban J connectivity index is 2.26. The van der Waals surface area contributed by atoms with Gasteiger partial charge in [-0.1, -0.05) is 0 Å². The van der Waals surface area contributed by atoms with Crippen LogP contribution in [-0.4, -0.2) is 45.4 Å². The number of fused-ring (bicyclic) bond motifs is 2. The number of amides is 2. The largest absolute Gasteiger partial charge is 0.346 e. The maximum absolute atomic E-state index is 12.1. The van der Waals surface area contributed by atoms with Crippen LogP contribution in [0, 0.1) is 0 Å². The van der Waals surface area contributed by atoms with Crippen LogP contribution >= 0.6 is 0 Å². The van der Waals surface area contributed by atoms with Gasteiger partial charge in [0.15, 0.2) is 5.65 Å². The molecule has 1 aliphatic heterocycles. The van der Waals surface area contributed by atoms with E-state index in [1.165, 1.54) is 15.5 Å². The van der Waals surface area contributed by atoms with E-state index >= 15 is 0 Å². The Kier molecular flexibility index (Phi) is 2.21. The summed E-state index contributed by atoms with van der Waals surface area (Å²) in [4.78, 5) is 41.0. The summed E-state index contributed by atoms with van der Waals surface area (Å²) in [7, 11) is 3.22. The predicted molar refractivity (Wildman–Crippen MR) is 65.0 cm³/mol. The highest BCUT2D eigenvalue weighted by Gasteiger charge is 2.26. The quantitative estimate of drug-likeness (QED) is 0.685. The van der Waals surface area contributed by atoms with Crippen LogP contribution in [0.2, 0.25) is 0 Å². The van der Waals surface area contributed by atoms with Crippen LogP contribution in [0.25, 0.3) is 5.65 Å². The van der Waals surface area contributed by atoms with Crippen LogP contribution in [0.1, 0.15) is 26.5 Å². The molecule has 0 saturated carbocycles. The van der Waals surface area contributed by atoms with Crippen molar-refractivity contribution >= 4 is 17.5 Å². The van der Waals surface area contributed by atoms with Gasteiger partial charge in [-0.05, 0) is 0 Å². The van der Waals surface area contributed by atoms with Crippen molar-refractivity contribution in [1.82, 2.24) is 24.8 Å². The molecule has 0 atom stereocenters. The monoisotopic (exact) mass is 261 g/mol. The fourth-order valence-electron chi connectivity index (χ4n) is 2.01. The van der Waals surface area contributed by atoms with Crippen molar-refractivity contribution in [2.24, 2.45) is 0 Å². The summed E-state index contributed by atoms with van der Waals surface area (Å²) in [5.74, 6) is -0.634. The highest BCUT2D eigenvalue weighted by atomic mass is 16.2. The molecule has 1 aliphatic rings. The van der Waals surface area contributed by atoms with Gasteiger partial charge in [-0.25, -0.2) is 9.50 Å². The van der Waals surface area contributed by atoms with E-state index in [4.69, 9.17) is 0 Å². The van der Waals surface area contributed by atoms with Gasteiger partial charge in [0.2, 0.25) is 0 Å². The molecular weight excluding hydrogens is 250 g/mol. The van der Waals surface area contributed by atoms with E-state index in [0.717, 1.165) is 0 Å². The van der Waals surface area contributed by atoms with Crippen molar-refractivity contribution < 1.29 is 9.59 Å². The van der Waals surface area contributed by atoms with Crippen molar-refractivity contribution in [2.75, 3.05) is 14.1 Å². The third-order valence-corrected chi connectivity index (χ3v) is 2.99. The Morgan fingerprint density at radius 2 is 2.16 bits per heavy atom. The van der Waals surface area contributed by atoms with E-state index in [1.54, 1.807) is 14.1 Å². The third-order valence-electron chi connectivity index (χ3n) is 2.99. The summed E-state index contributed by atoms with van der Waals surface area (Å²) in [5.41, 5.74) is 0.585. The number of rotatable bonds is 1. The average molecular weight is 261 g/mol. The summed E-state index contributed by atoms with van der Waals surface area (Å²) < 4.78 is 1.18. The number of H-pyrrole nitrogens is 1. The normalized spacial score (nSPS) is 13.5. The zero-order valence-corrected chi connectivity index (χ0v) is 10.4. The minimum Gasteiger partial charge on any atom is -0.346 e. The van der Waals surface area contributed by atoms with E-state index in [-0.39, 0.29) is 41.0 Å². The van der Waals surface area contributed by atoms with Gasteiger partial charge in [-0.2, -0.15) is 0 Å². The maximum atomic E-state index is 12.1. The lowest BCUT2D eigenvalue weighted by Crippen LogP contribution is -2.24. The average Bonchev–Trinajstić information content (AvgIpc) is 2.94. The van der Waals surface area contributed by atoms with Crippen molar-refractivity contribution in [3.8, 4) is 0 Å². The van der Waals surface area contributed by atoms with Gasteiger partial charge in [0.25, 0.3) is 17.4 Å². The lowest BCUT2D eigenvalue weighted by Gasteiger charge is -2.06. The van der Waals surface area contributed by atoms with Crippen LogP contribution < -0.4 is 10.9 Å². The first-order valence-electron chi connectivity index (χ1n) is 5.63. The zero-order valence-electron chi connectivity index (χ0n) is 10.4. The van der Waals surface area contributed by atoms with Crippen LogP contribution in [0.15, 0.2) is 10.9 Å². The molecule has 0 aromatic carbocycles. The molecule has 2 aromatic rings. The Hall–Kier alpha value is -2.64. The Morgan fingerprint density at radius 3 is 2.84 bits per heavy atom. The summed E-state index contributed by atoms with van der Waals surface area (Å²) in [5, 5.41) is 5.24. The maximum Gasteiger partial charge on any atom is 0.278 e. The molecule has 3 rings (SSSR count). The summed E-state index contributed by atoms with van der Waals surface area (Å²) in [6.45, 7) is 0.166. The fourth-order valence-corrected chi connectivity index (χ4v) is 2.01. The van der Waals surface area contributed by atoms with Gasteiger partial charge in [-0.15, -0.1) is 0 Å². The summed E-state index contributed by atoms with van der Waals surface area (Å²) in [6, 6.07) is 1.45. The molecule has 8 nitrogen and oxygen atoms in total. The van der Waals surface area contributed by atoms with Crippen molar-refractivity contribution in [2.45, 2.75) is 6.54 Å². The van der Waals surface area contributed by atoms with E-state index < -0.39 is 0 Å². The molecule has 0 aliphatic carbocycles. The summed E-state index contributed by atoms with van der Waals surface area (Å²) >= 11 is 0. The molecule has 0 fully saturated rings. The predicted octanol–water partition coefficient (Wildman–Crippen LogP) is -1.03. The van der Waals surface area contributed by atoms with Gasteiger partial charge in [-0.3, -0.25) is 19.5 Å². The van der Waals surface area contributed by atoms with Crippen LogP contribution in [-0.2, 0) is 6.54 Å². The molecule has 8 heteroatoms. The number of carbonyl (C=O) groups is 2. The van der Waals surface area contributed by atoms with E-state index in [0.29, 0.717) is 5.56 Å². The molecule has 3 heterocycles. The van der Waals surface area contributed by atoms with Gasteiger partial charge < -0.3 is 10.2 Å². The topological polar surface area (TPSA) is 99.6 Å². The molecule has 19 heavy (non-hydrogen) atoms.